The number of nitrogens with one attached hydrogen (secondary N) is 1. The number of carbonyl (C=O) groups excluding carboxylic acids is 2. The Morgan fingerprint density at radius 1 is 1.08 bits per heavy atom. The van der Waals surface area contributed by atoms with Crippen LogP contribution in [0.1, 0.15) is 40.7 Å². The van der Waals surface area contributed by atoms with E-state index in [0.29, 0.717) is 35.3 Å². The number of carbonyl (C=O) groups is 2. The molecule has 3 aromatic rings. The van der Waals surface area contributed by atoms with Crippen LogP contribution in [0.5, 0.6) is 17.4 Å². The SMILES string of the molecule is Cc1ccc(C)c(OCC(=O)NC2CC23CCN(C(=O)c2ccc(Oc4ccc(Cl)cn4)cc2)CC3)c1. The Balaban J connectivity index is 1.08. The Bertz CT molecular complexity index is 1290. The zero-order chi connectivity index (χ0) is 26.0. The van der Waals surface area contributed by atoms with Crippen molar-refractivity contribution in [1.82, 2.24) is 15.2 Å². The molecule has 5 rings (SSSR count). The number of likely N-dealkylation sites (tertiary alicyclic amines) is 1. The second-order valence-corrected chi connectivity index (χ2v) is 10.4. The molecule has 0 radical (unpaired) electrons. The highest BCUT2D eigenvalue weighted by Crippen LogP contribution is 2.54. The third-order valence-electron chi connectivity index (χ3n) is 7.30. The lowest BCUT2D eigenvalue weighted by atomic mass is 9.92. The third-order valence-corrected chi connectivity index (χ3v) is 7.52. The number of pyridine rings is 1. The van der Waals surface area contributed by atoms with Crippen LogP contribution >= 0.6 is 11.6 Å². The van der Waals surface area contributed by atoms with Crippen molar-refractivity contribution in [3.8, 4) is 17.4 Å². The van der Waals surface area contributed by atoms with Crippen molar-refractivity contribution in [2.24, 2.45) is 5.41 Å². The van der Waals surface area contributed by atoms with Gasteiger partial charge in [0, 0.05) is 37.0 Å². The van der Waals surface area contributed by atoms with Crippen molar-refractivity contribution < 1.29 is 19.1 Å². The number of piperidine rings is 1. The molecule has 37 heavy (non-hydrogen) atoms. The highest BCUT2D eigenvalue weighted by molar-refractivity contribution is 6.30. The summed E-state index contributed by atoms with van der Waals surface area (Å²) in [5, 5.41) is 3.67. The predicted molar refractivity (Wildman–Crippen MR) is 141 cm³/mol. The van der Waals surface area contributed by atoms with Crippen LogP contribution in [0.3, 0.4) is 0 Å². The molecule has 2 heterocycles. The van der Waals surface area contributed by atoms with Crippen LogP contribution in [0, 0.1) is 19.3 Å². The van der Waals surface area contributed by atoms with Crippen molar-refractivity contribution in [1.29, 1.82) is 0 Å². The fourth-order valence-electron chi connectivity index (χ4n) is 4.89. The Morgan fingerprint density at radius 3 is 2.54 bits per heavy atom. The van der Waals surface area contributed by atoms with Gasteiger partial charge in [0.05, 0.1) is 5.02 Å². The first kappa shape index (κ1) is 25.1. The zero-order valence-electron chi connectivity index (χ0n) is 21.0. The van der Waals surface area contributed by atoms with Gasteiger partial charge in [-0.2, -0.15) is 0 Å². The molecule has 1 spiro atoms. The standard InChI is InChI=1S/C29H30ClN3O4/c1-19-3-4-20(2)24(15-19)36-18-26(34)32-25-16-29(25)11-13-33(14-12-29)28(35)21-5-8-23(9-6-21)37-27-10-7-22(30)17-31-27/h3-10,15,17,25H,11-14,16,18H2,1-2H3,(H,32,34). The van der Waals surface area contributed by atoms with Gasteiger partial charge in [-0.1, -0.05) is 23.7 Å². The van der Waals surface area contributed by atoms with Crippen molar-refractivity contribution in [3.63, 3.8) is 0 Å². The van der Waals surface area contributed by atoms with Crippen molar-refractivity contribution in [2.75, 3.05) is 19.7 Å². The lowest BCUT2D eigenvalue weighted by molar-refractivity contribution is -0.123. The predicted octanol–water partition coefficient (Wildman–Crippen LogP) is 5.33. The number of halogens is 1. The molecular formula is C29H30ClN3O4. The maximum atomic E-state index is 13.0. The minimum Gasteiger partial charge on any atom is -0.483 e. The van der Waals surface area contributed by atoms with E-state index in [9.17, 15) is 9.59 Å². The van der Waals surface area contributed by atoms with Gasteiger partial charge < -0.3 is 19.7 Å². The fourth-order valence-corrected chi connectivity index (χ4v) is 5.00. The van der Waals surface area contributed by atoms with Gasteiger partial charge in [0.15, 0.2) is 6.61 Å². The van der Waals surface area contributed by atoms with Crippen molar-refractivity contribution in [2.45, 2.75) is 39.2 Å². The second-order valence-electron chi connectivity index (χ2n) is 9.98. The average molecular weight is 520 g/mol. The Kier molecular flexibility index (Phi) is 7.07. The normalized spacial score (nSPS) is 17.8. The molecule has 1 N–H and O–H groups in total. The topological polar surface area (TPSA) is 80.8 Å². The minimum atomic E-state index is -0.0996. The van der Waals surface area contributed by atoms with Crippen LogP contribution in [-0.2, 0) is 4.79 Å². The Labute approximate surface area is 221 Å². The Hall–Kier alpha value is -3.58. The van der Waals surface area contributed by atoms with Gasteiger partial charge in [0.2, 0.25) is 5.88 Å². The summed E-state index contributed by atoms with van der Waals surface area (Å²) >= 11 is 5.85. The number of hydrogen-bond donors (Lipinski definition) is 1. The number of aryl methyl sites for hydroxylation is 2. The number of hydrogen-bond acceptors (Lipinski definition) is 5. The first-order valence-corrected chi connectivity index (χ1v) is 12.9. The van der Waals surface area contributed by atoms with E-state index >= 15 is 0 Å². The largest absolute Gasteiger partial charge is 0.483 e. The van der Waals surface area contributed by atoms with Crippen LogP contribution < -0.4 is 14.8 Å². The van der Waals surface area contributed by atoms with Gasteiger partial charge in [-0.3, -0.25) is 9.59 Å². The van der Waals surface area contributed by atoms with E-state index in [2.05, 4.69) is 10.3 Å². The minimum absolute atomic E-state index is 0.00850. The summed E-state index contributed by atoms with van der Waals surface area (Å²) < 4.78 is 11.5. The molecule has 1 saturated carbocycles. The summed E-state index contributed by atoms with van der Waals surface area (Å²) in [5.74, 6) is 1.69. The highest BCUT2D eigenvalue weighted by Gasteiger charge is 2.55. The molecule has 0 bridgehead atoms. The maximum Gasteiger partial charge on any atom is 0.258 e. The summed E-state index contributed by atoms with van der Waals surface area (Å²) in [5.41, 5.74) is 2.83. The molecule has 2 aromatic carbocycles. The number of ether oxygens (including phenoxy) is 2. The Morgan fingerprint density at radius 2 is 1.84 bits per heavy atom. The lowest BCUT2D eigenvalue weighted by Crippen LogP contribution is -2.42. The molecule has 1 aliphatic carbocycles. The molecule has 1 saturated heterocycles. The number of benzene rings is 2. The van der Waals surface area contributed by atoms with Gasteiger partial charge >= 0.3 is 0 Å². The molecule has 1 unspecified atom stereocenters. The van der Waals surface area contributed by atoms with Crippen LogP contribution in [-0.4, -0.2) is 47.4 Å². The number of rotatable bonds is 7. The summed E-state index contributed by atoms with van der Waals surface area (Å²) in [6, 6.07) is 16.6. The number of amides is 2. The van der Waals surface area contributed by atoms with Crippen LogP contribution in [0.15, 0.2) is 60.8 Å². The number of nitrogens with zero attached hydrogens (tertiary/aromatic N) is 2. The first-order valence-electron chi connectivity index (χ1n) is 12.5. The van der Waals surface area contributed by atoms with E-state index in [4.69, 9.17) is 21.1 Å². The van der Waals surface area contributed by atoms with Gasteiger partial charge in [-0.05, 0) is 86.1 Å². The van der Waals surface area contributed by atoms with Gasteiger partial charge in [0.1, 0.15) is 11.5 Å². The second kappa shape index (κ2) is 10.4. The summed E-state index contributed by atoms with van der Waals surface area (Å²) in [4.78, 5) is 31.5. The third kappa shape index (κ3) is 5.88. The van der Waals surface area contributed by atoms with E-state index in [-0.39, 0.29) is 29.9 Å². The van der Waals surface area contributed by atoms with Crippen LogP contribution in [0.4, 0.5) is 0 Å². The van der Waals surface area contributed by atoms with Gasteiger partial charge in [-0.25, -0.2) is 4.98 Å². The first-order chi connectivity index (χ1) is 17.8. The van der Waals surface area contributed by atoms with E-state index in [1.807, 2.05) is 36.9 Å². The molecular weight excluding hydrogens is 490 g/mol. The molecule has 8 heteroatoms. The van der Waals surface area contributed by atoms with Crippen molar-refractivity contribution >= 4 is 23.4 Å². The van der Waals surface area contributed by atoms with E-state index < -0.39 is 0 Å². The summed E-state index contributed by atoms with van der Waals surface area (Å²) in [7, 11) is 0. The van der Waals surface area contributed by atoms with Gasteiger partial charge in [0.25, 0.3) is 11.8 Å². The van der Waals surface area contributed by atoms with Crippen LogP contribution in [0.25, 0.3) is 0 Å². The molecule has 192 valence electrons. The molecule has 2 fully saturated rings. The zero-order valence-corrected chi connectivity index (χ0v) is 21.8. The molecule has 2 amide bonds. The quantitative estimate of drug-likeness (QED) is 0.456. The summed E-state index contributed by atoms with van der Waals surface area (Å²) in [6.45, 7) is 5.34. The van der Waals surface area contributed by atoms with E-state index in [1.54, 1.807) is 36.4 Å². The molecule has 1 atom stereocenters. The lowest BCUT2D eigenvalue weighted by Gasteiger charge is -2.33. The molecule has 7 nitrogen and oxygen atoms in total. The monoisotopic (exact) mass is 519 g/mol. The highest BCUT2D eigenvalue weighted by atomic mass is 35.5. The molecule has 1 aliphatic heterocycles. The smallest absolute Gasteiger partial charge is 0.258 e. The van der Waals surface area contributed by atoms with E-state index in [1.165, 1.54) is 6.20 Å². The van der Waals surface area contributed by atoms with Gasteiger partial charge in [-0.15, -0.1) is 0 Å². The maximum absolute atomic E-state index is 13.0. The molecule has 1 aromatic heterocycles. The number of aromatic nitrogens is 1. The summed E-state index contributed by atoms with van der Waals surface area (Å²) in [6.07, 6.45) is 4.23. The van der Waals surface area contributed by atoms with Crippen molar-refractivity contribution in [3.05, 3.63) is 82.5 Å². The fraction of sp³-hybridized carbons (Fsp3) is 0.345. The average Bonchev–Trinajstić information content (AvgIpc) is 3.56. The van der Waals surface area contributed by atoms with Crippen LogP contribution in [0.2, 0.25) is 5.02 Å². The van der Waals surface area contributed by atoms with E-state index in [0.717, 1.165) is 36.1 Å². The molecule has 2 aliphatic rings.